The molecule has 1 aromatic carbocycles. The second kappa shape index (κ2) is 9.13. The van der Waals surface area contributed by atoms with E-state index in [4.69, 9.17) is 0 Å². The van der Waals surface area contributed by atoms with Crippen molar-refractivity contribution in [3.8, 4) is 0 Å². The van der Waals surface area contributed by atoms with E-state index in [9.17, 15) is 4.79 Å². The fraction of sp³-hybridized carbons (Fsp3) is 0.381. The Bertz CT molecular complexity index is 768. The molecular formula is C21H26N4O. The molecule has 1 aliphatic rings. The fourth-order valence-corrected chi connectivity index (χ4v) is 3.11. The van der Waals surface area contributed by atoms with E-state index in [-0.39, 0.29) is 5.91 Å². The Morgan fingerprint density at radius 2 is 2.04 bits per heavy atom. The number of carbonyl (C=O) groups excluding carboxylic acids is 1. The van der Waals surface area contributed by atoms with Gasteiger partial charge in [-0.3, -0.25) is 4.79 Å². The van der Waals surface area contributed by atoms with Crippen molar-refractivity contribution in [1.82, 2.24) is 15.3 Å². The van der Waals surface area contributed by atoms with Gasteiger partial charge >= 0.3 is 0 Å². The van der Waals surface area contributed by atoms with Crippen LogP contribution in [0.15, 0.2) is 48.3 Å². The number of rotatable bonds is 7. The van der Waals surface area contributed by atoms with Gasteiger partial charge in [0.15, 0.2) is 0 Å². The molecule has 3 rings (SSSR count). The number of aryl methyl sites for hydroxylation is 1. The van der Waals surface area contributed by atoms with E-state index in [2.05, 4.69) is 51.8 Å². The number of hydrogen-bond donors (Lipinski definition) is 2. The Hall–Kier alpha value is -2.69. The van der Waals surface area contributed by atoms with Crippen LogP contribution in [0.1, 0.15) is 53.6 Å². The van der Waals surface area contributed by atoms with Crippen LogP contribution >= 0.6 is 0 Å². The summed E-state index contributed by atoms with van der Waals surface area (Å²) in [5.74, 6) is 0.405. The summed E-state index contributed by atoms with van der Waals surface area (Å²) in [5.41, 5.74) is 4.35. The zero-order chi connectivity index (χ0) is 18.2. The molecule has 1 aromatic heterocycles. The second-order valence-corrected chi connectivity index (χ2v) is 6.75. The highest BCUT2D eigenvalue weighted by molar-refractivity contribution is 5.93. The molecule has 2 aromatic rings. The number of anilines is 1. The molecule has 1 heterocycles. The maximum Gasteiger partial charge on any atom is 0.254 e. The third-order valence-electron chi connectivity index (χ3n) is 4.56. The molecule has 136 valence electrons. The van der Waals surface area contributed by atoms with E-state index in [0.717, 1.165) is 6.42 Å². The maximum atomic E-state index is 12.2. The molecular weight excluding hydrogens is 324 g/mol. The minimum Gasteiger partial charge on any atom is -0.352 e. The van der Waals surface area contributed by atoms with Crippen molar-refractivity contribution in [2.45, 2.75) is 45.6 Å². The summed E-state index contributed by atoms with van der Waals surface area (Å²) in [6.45, 7) is 3.39. The van der Waals surface area contributed by atoms with E-state index in [1.807, 2.05) is 6.07 Å². The SMILES string of the molecule is Cc1cccc(CNc2ncc(C(=O)NCCC3=CCCCC3)cn2)c1. The Balaban J connectivity index is 1.45. The summed E-state index contributed by atoms with van der Waals surface area (Å²) >= 11 is 0. The van der Waals surface area contributed by atoms with Crippen LogP contribution in [-0.4, -0.2) is 22.4 Å². The van der Waals surface area contributed by atoms with Gasteiger partial charge in [-0.05, 0) is 44.6 Å². The molecule has 0 saturated heterocycles. The molecule has 1 aliphatic carbocycles. The number of aromatic nitrogens is 2. The number of nitrogens with zero attached hydrogens (tertiary/aromatic N) is 2. The predicted molar refractivity (Wildman–Crippen MR) is 104 cm³/mol. The fourth-order valence-electron chi connectivity index (χ4n) is 3.11. The summed E-state index contributed by atoms with van der Waals surface area (Å²) in [6.07, 6.45) is 11.3. The number of benzene rings is 1. The molecule has 0 bridgehead atoms. The first-order valence-electron chi connectivity index (χ1n) is 9.28. The third kappa shape index (κ3) is 5.41. The lowest BCUT2D eigenvalue weighted by atomic mass is 9.97. The van der Waals surface area contributed by atoms with Crippen LogP contribution in [0.3, 0.4) is 0 Å². The van der Waals surface area contributed by atoms with Gasteiger partial charge in [0, 0.05) is 25.5 Å². The van der Waals surface area contributed by atoms with Crippen LogP contribution in [0, 0.1) is 6.92 Å². The minimum absolute atomic E-state index is 0.119. The molecule has 1 amide bonds. The maximum absolute atomic E-state index is 12.2. The molecule has 0 radical (unpaired) electrons. The van der Waals surface area contributed by atoms with Gasteiger partial charge in [-0.1, -0.05) is 41.5 Å². The number of hydrogen-bond acceptors (Lipinski definition) is 4. The molecule has 26 heavy (non-hydrogen) atoms. The van der Waals surface area contributed by atoms with Gasteiger partial charge < -0.3 is 10.6 Å². The van der Waals surface area contributed by atoms with Crippen molar-refractivity contribution in [2.24, 2.45) is 0 Å². The van der Waals surface area contributed by atoms with Crippen molar-refractivity contribution < 1.29 is 4.79 Å². The highest BCUT2D eigenvalue weighted by Crippen LogP contribution is 2.19. The first kappa shape index (κ1) is 18.1. The molecule has 0 fully saturated rings. The first-order chi connectivity index (χ1) is 12.7. The zero-order valence-corrected chi connectivity index (χ0v) is 15.3. The van der Waals surface area contributed by atoms with Crippen LogP contribution in [0.25, 0.3) is 0 Å². The van der Waals surface area contributed by atoms with Gasteiger partial charge in [0.2, 0.25) is 5.95 Å². The molecule has 0 aliphatic heterocycles. The highest BCUT2D eigenvalue weighted by Gasteiger charge is 2.08. The molecule has 0 unspecified atom stereocenters. The lowest BCUT2D eigenvalue weighted by Crippen LogP contribution is -2.25. The van der Waals surface area contributed by atoms with Gasteiger partial charge in [0.05, 0.1) is 5.56 Å². The third-order valence-corrected chi connectivity index (χ3v) is 4.56. The Morgan fingerprint density at radius 3 is 2.77 bits per heavy atom. The van der Waals surface area contributed by atoms with Crippen molar-refractivity contribution in [2.75, 3.05) is 11.9 Å². The molecule has 0 atom stereocenters. The van der Waals surface area contributed by atoms with E-state index < -0.39 is 0 Å². The molecule has 5 nitrogen and oxygen atoms in total. The Morgan fingerprint density at radius 1 is 1.19 bits per heavy atom. The topological polar surface area (TPSA) is 66.9 Å². The number of allylic oxidation sites excluding steroid dienone is 1. The van der Waals surface area contributed by atoms with Crippen molar-refractivity contribution in [1.29, 1.82) is 0 Å². The lowest BCUT2D eigenvalue weighted by Gasteiger charge is -2.13. The minimum atomic E-state index is -0.119. The number of nitrogens with one attached hydrogen (secondary N) is 2. The van der Waals surface area contributed by atoms with Crippen molar-refractivity contribution in [3.63, 3.8) is 0 Å². The van der Waals surface area contributed by atoms with Crippen LogP contribution in [-0.2, 0) is 6.54 Å². The quantitative estimate of drug-likeness (QED) is 0.740. The molecule has 2 N–H and O–H groups in total. The number of amides is 1. The van der Waals surface area contributed by atoms with E-state index in [0.29, 0.717) is 24.6 Å². The van der Waals surface area contributed by atoms with Crippen LogP contribution < -0.4 is 10.6 Å². The predicted octanol–water partition coefficient (Wildman–Crippen LogP) is 4.02. The van der Waals surface area contributed by atoms with Gasteiger partial charge in [-0.25, -0.2) is 9.97 Å². The van der Waals surface area contributed by atoms with Crippen molar-refractivity contribution in [3.05, 3.63) is 65.0 Å². The summed E-state index contributed by atoms with van der Waals surface area (Å²) in [5, 5.41) is 6.13. The van der Waals surface area contributed by atoms with E-state index in [1.165, 1.54) is 42.4 Å². The van der Waals surface area contributed by atoms with Crippen molar-refractivity contribution >= 4 is 11.9 Å². The lowest BCUT2D eigenvalue weighted by molar-refractivity contribution is 0.0953. The first-order valence-corrected chi connectivity index (χ1v) is 9.28. The van der Waals surface area contributed by atoms with E-state index >= 15 is 0 Å². The second-order valence-electron chi connectivity index (χ2n) is 6.75. The molecule has 5 heteroatoms. The molecule has 0 spiro atoms. The van der Waals surface area contributed by atoms with Gasteiger partial charge in [-0.2, -0.15) is 0 Å². The highest BCUT2D eigenvalue weighted by atomic mass is 16.1. The smallest absolute Gasteiger partial charge is 0.254 e. The zero-order valence-electron chi connectivity index (χ0n) is 15.3. The largest absolute Gasteiger partial charge is 0.352 e. The average molecular weight is 350 g/mol. The van der Waals surface area contributed by atoms with Crippen LogP contribution in [0.5, 0.6) is 0 Å². The Kier molecular flexibility index (Phi) is 6.36. The Labute approximate surface area is 155 Å². The standard InChI is InChI=1S/C21H26N4O/c1-16-6-5-9-18(12-16)13-23-21-24-14-19(15-25-21)20(26)22-11-10-17-7-3-2-4-8-17/h5-7,9,12,14-15H,2-4,8,10-11,13H2,1H3,(H,22,26)(H,23,24,25). The van der Waals surface area contributed by atoms with E-state index in [1.54, 1.807) is 12.4 Å². The molecule has 0 saturated carbocycles. The van der Waals surface area contributed by atoms with Gasteiger partial charge in [-0.15, -0.1) is 0 Å². The average Bonchev–Trinajstić information content (AvgIpc) is 2.68. The van der Waals surface area contributed by atoms with Gasteiger partial charge in [0.25, 0.3) is 5.91 Å². The summed E-state index contributed by atoms with van der Waals surface area (Å²) < 4.78 is 0. The normalized spacial score (nSPS) is 13.8. The summed E-state index contributed by atoms with van der Waals surface area (Å²) in [7, 11) is 0. The van der Waals surface area contributed by atoms with Crippen LogP contribution in [0.2, 0.25) is 0 Å². The van der Waals surface area contributed by atoms with Crippen LogP contribution in [0.4, 0.5) is 5.95 Å². The number of carbonyl (C=O) groups is 1. The summed E-state index contributed by atoms with van der Waals surface area (Å²) in [4.78, 5) is 20.7. The van der Waals surface area contributed by atoms with Gasteiger partial charge in [0.1, 0.15) is 0 Å². The summed E-state index contributed by atoms with van der Waals surface area (Å²) in [6, 6.07) is 8.28. The monoisotopic (exact) mass is 350 g/mol.